The molecule has 0 N–H and O–H groups in total. The number of nitriles is 1. The number of aryl methyl sites for hydroxylation is 1. The highest BCUT2D eigenvalue weighted by Gasteiger charge is 2.28. The molecule has 0 spiro atoms. The van der Waals surface area contributed by atoms with Crippen molar-refractivity contribution in [3.8, 4) is 6.07 Å². The number of benzene rings is 3. The number of para-hydroxylation sites is 2. The Bertz CT molecular complexity index is 1370. The largest absolute Gasteiger partial charge is 0.330 e. The molecule has 1 atom stereocenters. The van der Waals surface area contributed by atoms with Crippen LogP contribution in [0.25, 0.3) is 11.0 Å². The Morgan fingerprint density at radius 3 is 2.20 bits per heavy atom. The molecule has 3 aromatic carbocycles. The van der Waals surface area contributed by atoms with Gasteiger partial charge in [-0.2, -0.15) is 18.1 Å². The molecule has 0 aliphatic rings. The van der Waals surface area contributed by atoms with Crippen LogP contribution in [0.1, 0.15) is 17.3 Å². The minimum Gasteiger partial charge on any atom is -0.330 e. The first-order valence-electron chi connectivity index (χ1n) is 9.27. The third kappa shape index (κ3) is 3.61. The van der Waals surface area contributed by atoms with Crippen LogP contribution < -0.4 is 0 Å². The van der Waals surface area contributed by atoms with Crippen LogP contribution in [0.5, 0.6) is 0 Å². The lowest BCUT2D eigenvalue weighted by Crippen LogP contribution is -2.18. The smallest absolute Gasteiger partial charge is 0.282 e. The molecule has 0 aliphatic heterocycles. The van der Waals surface area contributed by atoms with Crippen LogP contribution in [0.15, 0.2) is 94.2 Å². The molecule has 148 valence electrons. The Morgan fingerprint density at radius 2 is 1.57 bits per heavy atom. The second-order valence-corrected chi connectivity index (χ2v) is 8.31. The van der Waals surface area contributed by atoms with E-state index in [1.54, 1.807) is 47.0 Å². The number of nitrogens with zero attached hydrogens (tertiary/aromatic N) is 4. The SMILES string of the molecule is Cn1c(C(C#N)C(=NS(=O)(=O)c2ccccc2)c2ccccc2)nc2ccccc21. The second kappa shape index (κ2) is 7.93. The number of rotatable bonds is 5. The Morgan fingerprint density at radius 1 is 0.967 bits per heavy atom. The number of imidazole rings is 1. The molecule has 6 nitrogen and oxygen atoms in total. The minimum atomic E-state index is -4.01. The van der Waals surface area contributed by atoms with Gasteiger partial charge in [-0.25, -0.2) is 4.98 Å². The maximum atomic E-state index is 13.0. The summed E-state index contributed by atoms with van der Waals surface area (Å²) >= 11 is 0. The van der Waals surface area contributed by atoms with E-state index in [1.165, 1.54) is 12.1 Å². The highest BCUT2D eigenvalue weighted by atomic mass is 32.2. The summed E-state index contributed by atoms with van der Waals surface area (Å²) in [7, 11) is -2.21. The highest BCUT2D eigenvalue weighted by Crippen LogP contribution is 2.26. The van der Waals surface area contributed by atoms with Crippen LogP contribution in [0.2, 0.25) is 0 Å². The maximum absolute atomic E-state index is 13.0. The monoisotopic (exact) mass is 414 g/mol. The van der Waals surface area contributed by atoms with E-state index in [-0.39, 0.29) is 10.6 Å². The number of sulfonamides is 1. The van der Waals surface area contributed by atoms with Gasteiger partial charge in [0.25, 0.3) is 10.0 Å². The summed E-state index contributed by atoms with van der Waals surface area (Å²) in [4.78, 5) is 4.67. The van der Waals surface area contributed by atoms with Gasteiger partial charge in [0, 0.05) is 7.05 Å². The van der Waals surface area contributed by atoms with Gasteiger partial charge in [-0.05, 0) is 29.8 Å². The standard InChI is InChI=1S/C23H18N4O2S/c1-27-21-15-9-8-14-20(21)25-23(27)19(16-24)22(17-10-4-2-5-11-17)26-30(28,29)18-12-6-3-7-13-18/h2-15,19H,1H3. The quantitative estimate of drug-likeness (QED) is 0.461. The van der Waals surface area contributed by atoms with E-state index in [4.69, 9.17) is 0 Å². The number of hydrogen-bond acceptors (Lipinski definition) is 4. The van der Waals surface area contributed by atoms with Crippen molar-refractivity contribution >= 4 is 26.8 Å². The van der Waals surface area contributed by atoms with Crippen molar-refractivity contribution in [1.29, 1.82) is 5.26 Å². The molecule has 0 bridgehead atoms. The zero-order chi connectivity index (χ0) is 21.1. The topological polar surface area (TPSA) is 88.1 Å². The zero-order valence-corrected chi connectivity index (χ0v) is 17.0. The highest BCUT2D eigenvalue weighted by molar-refractivity contribution is 7.90. The van der Waals surface area contributed by atoms with Crippen LogP contribution in [0.3, 0.4) is 0 Å². The Balaban J connectivity index is 1.93. The molecule has 0 saturated carbocycles. The lowest BCUT2D eigenvalue weighted by Gasteiger charge is -2.13. The van der Waals surface area contributed by atoms with Gasteiger partial charge in [0.1, 0.15) is 11.7 Å². The molecule has 0 radical (unpaired) electrons. The van der Waals surface area contributed by atoms with E-state index in [9.17, 15) is 13.7 Å². The van der Waals surface area contributed by atoms with E-state index in [2.05, 4.69) is 15.5 Å². The molecule has 1 unspecified atom stereocenters. The van der Waals surface area contributed by atoms with Crippen molar-refractivity contribution in [3.63, 3.8) is 0 Å². The number of aromatic nitrogens is 2. The fourth-order valence-corrected chi connectivity index (χ4v) is 4.40. The molecule has 0 amide bonds. The molecular weight excluding hydrogens is 396 g/mol. The third-order valence-electron chi connectivity index (χ3n) is 4.81. The van der Waals surface area contributed by atoms with E-state index in [0.717, 1.165) is 11.0 Å². The summed E-state index contributed by atoms with van der Waals surface area (Å²) in [5, 5.41) is 10.0. The van der Waals surface area contributed by atoms with Crippen molar-refractivity contribution in [2.45, 2.75) is 10.8 Å². The molecule has 30 heavy (non-hydrogen) atoms. The molecule has 0 saturated heterocycles. The molecule has 0 aliphatic carbocycles. The molecular formula is C23H18N4O2S. The molecule has 0 fully saturated rings. The lowest BCUT2D eigenvalue weighted by atomic mass is 9.97. The Hall–Kier alpha value is -3.76. The molecule has 1 aromatic heterocycles. The Kier molecular flexibility index (Phi) is 5.17. The molecule has 4 rings (SSSR count). The normalized spacial score (nSPS) is 13.1. The van der Waals surface area contributed by atoms with Crippen LogP contribution in [-0.4, -0.2) is 23.7 Å². The second-order valence-electron chi connectivity index (χ2n) is 6.71. The average molecular weight is 414 g/mol. The predicted octanol–water partition coefficient (Wildman–Crippen LogP) is 4.06. The van der Waals surface area contributed by atoms with E-state index in [0.29, 0.717) is 11.4 Å². The van der Waals surface area contributed by atoms with Crippen molar-refractivity contribution < 1.29 is 8.42 Å². The van der Waals surface area contributed by atoms with E-state index >= 15 is 0 Å². The van der Waals surface area contributed by atoms with Crippen LogP contribution in [0, 0.1) is 11.3 Å². The summed E-state index contributed by atoms with van der Waals surface area (Å²) in [6.07, 6.45) is 0. The summed E-state index contributed by atoms with van der Waals surface area (Å²) in [6.45, 7) is 0. The maximum Gasteiger partial charge on any atom is 0.282 e. The number of hydrogen-bond donors (Lipinski definition) is 0. The Labute approximate surface area is 174 Å². The fourth-order valence-electron chi connectivity index (χ4n) is 3.32. The van der Waals surface area contributed by atoms with E-state index < -0.39 is 15.9 Å². The fraction of sp³-hybridized carbons (Fsp3) is 0.0870. The summed E-state index contributed by atoms with van der Waals surface area (Å²) in [5.74, 6) is -0.534. The van der Waals surface area contributed by atoms with Crippen molar-refractivity contribution in [2.24, 2.45) is 11.4 Å². The zero-order valence-electron chi connectivity index (χ0n) is 16.2. The summed E-state index contributed by atoms with van der Waals surface area (Å²) in [6, 6.07) is 26.6. The first-order valence-corrected chi connectivity index (χ1v) is 10.7. The van der Waals surface area contributed by atoms with Crippen molar-refractivity contribution in [2.75, 3.05) is 0 Å². The first-order chi connectivity index (χ1) is 14.5. The van der Waals surface area contributed by atoms with Gasteiger partial charge in [-0.3, -0.25) is 0 Å². The number of fused-ring (bicyclic) bond motifs is 1. The molecule has 1 heterocycles. The predicted molar refractivity (Wildman–Crippen MR) is 116 cm³/mol. The summed E-state index contributed by atoms with van der Waals surface area (Å²) < 4.78 is 31.9. The van der Waals surface area contributed by atoms with Crippen LogP contribution >= 0.6 is 0 Å². The van der Waals surface area contributed by atoms with Gasteiger partial charge >= 0.3 is 0 Å². The van der Waals surface area contributed by atoms with Gasteiger partial charge in [-0.15, -0.1) is 0 Å². The van der Waals surface area contributed by atoms with Gasteiger partial charge in [0.2, 0.25) is 0 Å². The van der Waals surface area contributed by atoms with Crippen LogP contribution in [-0.2, 0) is 17.1 Å². The lowest BCUT2D eigenvalue weighted by molar-refractivity contribution is 0.598. The van der Waals surface area contributed by atoms with Crippen molar-refractivity contribution in [3.05, 3.63) is 96.3 Å². The molecule has 7 heteroatoms. The third-order valence-corrected chi connectivity index (χ3v) is 6.12. The van der Waals surface area contributed by atoms with E-state index in [1.807, 2.05) is 37.4 Å². The van der Waals surface area contributed by atoms with Crippen molar-refractivity contribution in [1.82, 2.24) is 9.55 Å². The summed E-state index contributed by atoms with van der Waals surface area (Å²) in [5.41, 5.74) is 2.27. The minimum absolute atomic E-state index is 0.0696. The van der Waals surface area contributed by atoms with Gasteiger partial charge in [0.15, 0.2) is 0 Å². The van der Waals surface area contributed by atoms with Gasteiger partial charge < -0.3 is 4.57 Å². The average Bonchev–Trinajstić information content (AvgIpc) is 3.11. The molecule has 4 aromatic rings. The first kappa shape index (κ1) is 19.6. The van der Waals surface area contributed by atoms with Gasteiger partial charge in [0.05, 0.1) is 27.7 Å². The van der Waals surface area contributed by atoms with Crippen LogP contribution in [0.4, 0.5) is 0 Å². The van der Waals surface area contributed by atoms with Gasteiger partial charge in [-0.1, -0.05) is 60.7 Å².